The zero-order valence-corrected chi connectivity index (χ0v) is 20.2. The van der Waals surface area contributed by atoms with Crippen LogP contribution in [0, 0.1) is 17.2 Å². The lowest BCUT2D eigenvalue weighted by atomic mass is 9.80. The Kier molecular flexibility index (Phi) is 7.13. The molecule has 0 amide bonds. The van der Waals surface area contributed by atoms with E-state index in [9.17, 15) is 14.9 Å². The number of H-pyrrole nitrogens is 1. The van der Waals surface area contributed by atoms with Crippen LogP contribution in [-0.2, 0) is 15.1 Å². The first-order chi connectivity index (χ1) is 18.1. The molecule has 186 valence electrons. The molecule has 0 saturated carbocycles. The molecule has 1 aromatic heterocycles. The Labute approximate surface area is 214 Å². The Hall–Kier alpha value is -4.25. The molecule has 1 saturated heterocycles. The summed E-state index contributed by atoms with van der Waals surface area (Å²) in [5.74, 6) is -0.145. The Morgan fingerprint density at radius 3 is 1.92 bits per heavy atom. The maximum Gasteiger partial charge on any atom is 0.330 e. The Morgan fingerprint density at radius 2 is 1.43 bits per heavy atom. The number of ether oxygens (including phenoxy) is 2. The van der Waals surface area contributed by atoms with Crippen LogP contribution in [0.3, 0.4) is 0 Å². The lowest BCUT2D eigenvalue weighted by molar-refractivity contribution is -0.0844. The molecular weight excluding hydrogens is 466 g/mol. The van der Waals surface area contributed by atoms with Crippen molar-refractivity contribution >= 4 is 0 Å². The van der Waals surface area contributed by atoms with Gasteiger partial charge in [-0.3, -0.25) is 14.3 Å². The van der Waals surface area contributed by atoms with Crippen molar-refractivity contribution in [1.29, 1.82) is 5.26 Å². The molecule has 7 heteroatoms. The molecule has 3 atom stereocenters. The van der Waals surface area contributed by atoms with Crippen LogP contribution in [0.2, 0.25) is 0 Å². The first kappa shape index (κ1) is 24.4. The van der Waals surface area contributed by atoms with Gasteiger partial charge in [-0.2, -0.15) is 5.26 Å². The minimum atomic E-state index is -0.919. The predicted octanol–water partition coefficient (Wildman–Crippen LogP) is 4.36. The van der Waals surface area contributed by atoms with Gasteiger partial charge < -0.3 is 9.47 Å². The van der Waals surface area contributed by atoms with E-state index in [0.29, 0.717) is 6.42 Å². The van der Waals surface area contributed by atoms with E-state index in [4.69, 9.17) is 9.47 Å². The molecule has 2 heterocycles. The highest BCUT2D eigenvalue weighted by molar-refractivity contribution is 5.47. The molecule has 7 nitrogen and oxygen atoms in total. The highest BCUT2D eigenvalue weighted by atomic mass is 16.6. The Morgan fingerprint density at radius 1 is 0.892 bits per heavy atom. The number of aromatic nitrogens is 2. The fourth-order valence-corrected chi connectivity index (χ4v) is 5.10. The number of hydrogen-bond acceptors (Lipinski definition) is 5. The summed E-state index contributed by atoms with van der Waals surface area (Å²) in [7, 11) is 0. The van der Waals surface area contributed by atoms with Gasteiger partial charge in [0.05, 0.1) is 18.8 Å². The number of nitriles is 1. The fraction of sp³-hybridized carbons (Fsp3) is 0.233. The molecule has 3 aromatic carbocycles. The summed E-state index contributed by atoms with van der Waals surface area (Å²) < 4.78 is 14.6. The predicted molar refractivity (Wildman–Crippen MR) is 139 cm³/mol. The Balaban J connectivity index is 1.53. The van der Waals surface area contributed by atoms with E-state index >= 15 is 0 Å². The van der Waals surface area contributed by atoms with Crippen molar-refractivity contribution in [1.82, 2.24) is 9.55 Å². The maximum absolute atomic E-state index is 12.4. The van der Waals surface area contributed by atoms with Gasteiger partial charge in [-0.15, -0.1) is 0 Å². The van der Waals surface area contributed by atoms with E-state index in [-0.39, 0.29) is 18.9 Å². The number of nitrogens with zero attached hydrogens (tertiary/aromatic N) is 2. The van der Waals surface area contributed by atoms with Gasteiger partial charge in [0.2, 0.25) is 0 Å². The molecule has 0 spiro atoms. The topological polar surface area (TPSA) is 97.1 Å². The second-order valence-corrected chi connectivity index (χ2v) is 9.09. The third-order valence-corrected chi connectivity index (χ3v) is 6.88. The summed E-state index contributed by atoms with van der Waals surface area (Å²) in [6.07, 6.45) is 1.12. The second-order valence-electron chi connectivity index (χ2n) is 9.09. The monoisotopic (exact) mass is 493 g/mol. The molecule has 37 heavy (non-hydrogen) atoms. The Bertz CT molecular complexity index is 1380. The summed E-state index contributed by atoms with van der Waals surface area (Å²) >= 11 is 0. The van der Waals surface area contributed by atoms with Crippen molar-refractivity contribution in [3.63, 3.8) is 0 Å². The molecular formula is C30H27N3O4. The first-order valence-corrected chi connectivity index (χ1v) is 12.3. The van der Waals surface area contributed by atoms with Gasteiger partial charge in [0.1, 0.15) is 11.8 Å². The van der Waals surface area contributed by atoms with Crippen molar-refractivity contribution in [3.8, 4) is 6.07 Å². The molecule has 0 bridgehead atoms. The third-order valence-electron chi connectivity index (χ3n) is 6.88. The largest absolute Gasteiger partial charge is 0.358 e. The van der Waals surface area contributed by atoms with Crippen LogP contribution in [0.5, 0.6) is 0 Å². The zero-order valence-electron chi connectivity index (χ0n) is 20.2. The van der Waals surface area contributed by atoms with Crippen LogP contribution in [0.4, 0.5) is 0 Å². The standard InChI is InChI=1S/C30H27N3O4/c31-18-16-22-20-28(33-19-17-27(34)32-29(33)35)37-26(22)21-36-30(23-10-4-1-5-11-23,24-12-6-2-7-13-24)25-14-8-3-9-15-25/h1-15,17,19,22,26,28H,16,20-21H2,(H,32,34,35)/t22-,26+,28+/m0/s1. The molecule has 1 fully saturated rings. The first-order valence-electron chi connectivity index (χ1n) is 12.3. The zero-order chi connectivity index (χ0) is 25.7. The minimum absolute atomic E-state index is 0.145. The number of nitrogens with one attached hydrogen (secondary N) is 1. The molecule has 1 N–H and O–H groups in total. The highest BCUT2D eigenvalue weighted by Gasteiger charge is 2.42. The van der Waals surface area contributed by atoms with Crippen LogP contribution in [0.1, 0.15) is 35.8 Å². The van der Waals surface area contributed by atoms with E-state index < -0.39 is 29.2 Å². The van der Waals surface area contributed by atoms with Gasteiger partial charge in [-0.1, -0.05) is 91.0 Å². The van der Waals surface area contributed by atoms with E-state index in [1.54, 1.807) is 0 Å². The summed E-state index contributed by atoms with van der Waals surface area (Å²) in [5.41, 5.74) is 0.979. The van der Waals surface area contributed by atoms with E-state index in [2.05, 4.69) is 11.1 Å². The van der Waals surface area contributed by atoms with Crippen molar-refractivity contribution in [2.75, 3.05) is 6.61 Å². The second kappa shape index (κ2) is 10.8. The van der Waals surface area contributed by atoms with Crippen molar-refractivity contribution in [3.05, 3.63) is 141 Å². The number of hydrogen-bond donors (Lipinski definition) is 1. The number of benzene rings is 3. The van der Waals surface area contributed by atoms with Crippen molar-refractivity contribution in [2.24, 2.45) is 5.92 Å². The van der Waals surface area contributed by atoms with Crippen molar-refractivity contribution in [2.45, 2.75) is 30.8 Å². The van der Waals surface area contributed by atoms with Gasteiger partial charge in [-0.05, 0) is 23.1 Å². The minimum Gasteiger partial charge on any atom is -0.358 e. The number of aromatic amines is 1. The van der Waals surface area contributed by atoms with Crippen LogP contribution in [-0.4, -0.2) is 22.3 Å². The molecule has 5 rings (SSSR count). The van der Waals surface area contributed by atoms with E-state index in [1.807, 2.05) is 91.0 Å². The average Bonchev–Trinajstić information content (AvgIpc) is 3.33. The van der Waals surface area contributed by atoms with Crippen LogP contribution in [0.25, 0.3) is 0 Å². The van der Waals surface area contributed by atoms with Gasteiger partial charge in [-0.25, -0.2) is 4.79 Å². The molecule has 1 aliphatic heterocycles. The normalized spacial score (nSPS) is 19.4. The molecule has 4 aromatic rings. The van der Waals surface area contributed by atoms with Gasteiger partial charge in [0, 0.05) is 24.6 Å². The molecule has 0 radical (unpaired) electrons. The lowest BCUT2D eigenvalue weighted by Crippen LogP contribution is -2.37. The molecule has 1 aliphatic rings. The molecule has 0 unspecified atom stereocenters. The average molecular weight is 494 g/mol. The highest BCUT2D eigenvalue weighted by Crippen LogP contribution is 2.42. The van der Waals surface area contributed by atoms with Crippen LogP contribution >= 0.6 is 0 Å². The number of rotatable bonds is 8. The summed E-state index contributed by atoms with van der Waals surface area (Å²) in [5, 5.41) is 9.49. The maximum atomic E-state index is 12.4. The summed E-state index contributed by atoms with van der Waals surface area (Å²) in [6.45, 7) is 0.194. The smallest absolute Gasteiger partial charge is 0.330 e. The van der Waals surface area contributed by atoms with Crippen molar-refractivity contribution < 1.29 is 9.47 Å². The van der Waals surface area contributed by atoms with E-state index in [0.717, 1.165) is 16.7 Å². The van der Waals surface area contributed by atoms with Gasteiger partial charge in [0.25, 0.3) is 5.56 Å². The van der Waals surface area contributed by atoms with E-state index in [1.165, 1.54) is 16.8 Å². The lowest BCUT2D eigenvalue weighted by Gasteiger charge is -2.37. The fourth-order valence-electron chi connectivity index (χ4n) is 5.10. The summed E-state index contributed by atoms with van der Waals surface area (Å²) in [4.78, 5) is 26.2. The SMILES string of the molecule is N#CC[C@H]1C[C@H](n2ccc(=O)[nH]c2=O)O[C@@H]1COC(c1ccccc1)(c1ccccc1)c1ccccc1. The van der Waals surface area contributed by atoms with Gasteiger partial charge >= 0.3 is 5.69 Å². The summed E-state index contributed by atoms with van der Waals surface area (Å²) in [6, 6.07) is 33.7. The van der Waals surface area contributed by atoms with Crippen LogP contribution < -0.4 is 11.2 Å². The third kappa shape index (κ3) is 4.90. The van der Waals surface area contributed by atoms with Gasteiger partial charge in [0.15, 0.2) is 0 Å². The quantitative estimate of drug-likeness (QED) is 0.368. The molecule has 0 aliphatic carbocycles. The van der Waals surface area contributed by atoms with Crippen LogP contribution in [0.15, 0.2) is 113 Å².